The fourth-order valence-electron chi connectivity index (χ4n) is 3.72. The van der Waals surface area contributed by atoms with Crippen LogP contribution in [0.1, 0.15) is 53.5 Å². The van der Waals surface area contributed by atoms with Gasteiger partial charge in [0.25, 0.3) is 11.6 Å². The van der Waals surface area contributed by atoms with Gasteiger partial charge in [-0.2, -0.15) is 5.10 Å². The fraction of sp³-hybridized carbons (Fsp3) is 0.304. The van der Waals surface area contributed by atoms with Crippen molar-refractivity contribution in [2.45, 2.75) is 31.7 Å². The summed E-state index contributed by atoms with van der Waals surface area (Å²) < 4.78 is 12.6. The molecule has 1 N–H and O–H groups in total. The van der Waals surface area contributed by atoms with E-state index in [9.17, 15) is 4.79 Å². The number of nitrogens with one attached hydrogen (secondary N) is 1. The van der Waals surface area contributed by atoms with E-state index in [1.807, 2.05) is 56.6 Å². The molecule has 0 bridgehead atoms. The number of pyridine rings is 1. The smallest absolute Gasteiger partial charge is 0.259 e. The molecule has 1 unspecified atom stereocenters. The highest BCUT2D eigenvalue weighted by molar-refractivity contribution is 6.09. The third-order valence-corrected chi connectivity index (χ3v) is 5.58. The molecule has 3 heterocycles. The largest absolute Gasteiger partial charge is 0.497 e. The Morgan fingerprint density at radius 3 is 2.84 bits per heavy atom. The first kappa shape index (κ1) is 19.3. The van der Waals surface area contributed by atoms with Crippen LogP contribution in [0.25, 0.3) is 22.4 Å². The van der Waals surface area contributed by atoms with Gasteiger partial charge >= 0.3 is 0 Å². The fourth-order valence-corrected chi connectivity index (χ4v) is 3.72. The monoisotopic (exact) mass is 417 g/mol. The number of aromatic nitrogens is 4. The Bertz CT molecular complexity index is 1270. The molecule has 0 radical (unpaired) electrons. The second-order valence-corrected chi connectivity index (χ2v) is 7.92. The van der Waals surface area contributed by atoms with Crippen LogP contribution in [0.5, 0.6) is 5.75 Å². The molecule has 1 fully saturated rings. The highest BCUT2D eigenvalue weighted by Crippen LogP contribution is 2.41. The van der Waals surface area contributed by atoms with Crippen LogP contribution in [0.3, 0.4) is 0 Å². The molecule has 8 heteroatoms. The number of rotatable bonds is 6. The van der Waals surface area contributed by atoms with Crippen molar-refractivity contribution in [1.82, 2.24) is 25.2 Å². The molecule has 1 saturated carbocycles. The number of aryl methyl sites for hydroxylation is 1. The average Bonchev–Trinajstić information content (AvgIpc) is 3.40. The Balaban J connectivity index is 1.59. The second kappa shape index (κ2) is 7.54. The predicted octanol–water partition coefficient (Wildman–Crippen LogP) is 4.00. The van der Waals surface area contributed by atoms with Crippen molar-refractivity contribution in [3.63, 3.8) is 0 Å². The van der Waals surface area contributed by atoms with E-state index in [1.54, 1.807) is 11.8 Å². The predicted molar refractivity (Wildman–Crippen MR) is 115 cm³/mol. The Hall–Kier alpha value is -3.68. The van der Waals surface area contributed by atoms with Crippen LogP contribution < -0.4 is 10.1 Å². The van der Waals surface area contributed by atoms with Crippen LogP contribution in [0.15, 0.2) is 47.1 Å². The van der Waals surface area contributed by atoms with Crippen LogP contribution in [0.4, 0.5) is 0 Å². The highest BCUT2D eigenvalue weighted by Gasteiger charge is 2.30. The molecule has 31 heavy (non-hydrogen) atoms. The van der Waals surface area contributed by atoms with Gasteiger partial charge in [-0.15, -0.1) is 0 Å². The topological polar surface area (TPSA) is 95.1 Å². The number of carbonyl (C=O) groups is 1. The Morgan fingerprint density at radius 2 is 2.13 bits per heavy atom. The van der Waals surface area contributed by atoms with Gasteiger partial charge in [0.1, 0.15) is 11.4 Å². The standard InChI is InChI=1S/C23H23N5O3/c1-13(18-9-10-28(2)26-18)24-22(29)17-12-19(14-7-8-14)25-23-20(17)21(27-31-23)15-5-4-6-16(11-15)30-3/h4-6,9-14H,7-8H2,1-3H3,(H,24,29). The first-order valence-corrected chi connectivity index (χ1v) is 10.3. The lowest BCUT2D eigenvalue weighted by Crippen LogP contribution is -2.27. The van der Waals surface area contributed by atoms with Crippen LogP contribution in [-0.2, 0) is 7.05 Å². The number of hydrogen-bond donors (Lipinski definition) is 1. The van der Waals surface area contributed by atoms with E-state index >= 15 is 0 Å². The Morgan fingerprint density at radius 1 is 1.29 bits per heavy atom. The molecule has 0 aliphatic heterocycles. The summed E-state index contributed by atoms with van der Waals surface area (Å²) in [6.45, 7) is 1.91. The molecule has 1 aromatic carbocycles. The van der Waals surface area contributed by atoms with Gasteiger partial charge in [0.15, 0.2) is 0 Å². The van der Waals surface area contributed by atoms with Crippen molar-refractivity contribution >= 4 is 17.0 Å². The SMILES string of the molecule is COc1cccc(-c2noc3nc(C4CC4)cc(C(=O)NC(C)c4ccn(C)n4)c23)c1. The van der Waals surface area contributed by atoms with Gasteiger partial charge < -0.3 is 14.6 Å². The summed E-state index contributed by atoms with van der Waals surface area (Å²) in [5.74, 6) is 0.861. The highest BCUT2D eigenvalue weighted by atomic mass is 16.5. The van der Waals surface area contributed by atoms with Gasteiger partial charge in [0.2, 0.25) is 0 Å². The molecule has 3 aromatic heterocycles. The van der Waals surface area contributed by atoms with E-state index in [-0.39, 0.29) is 11.9 Å². The molecule has 158 valence electrons. The van der Waals surface area contributed by atoms with Crippen molar-refractivity contribution in [2.24, 2.45) is 7.05 Å². The van der Waals surface area contributed by atoms with Crippen molar-refractivity contribution in [1.29, 1.82) is 0 Å². The minimum atomic E-state index is -0.249. The zero-order chi connectivity index (χ0) is 21.5. The van der Waals surface area contributed by atoms with Crippen molar-refractivity contribution in [3.8, 4) is 17.0 Å². The lowest BCUT2D eigenvalue weighted by Gasteiger charge is -2.13. The van der Waals surface area contributed by atoms with E-state index in [0.29, 0.717) is 34.0 Å². The molecule has 1 atom stereocenters. The van der Waals surface area contributed by atoms with Gasteiger partial charge in [-0.25, -0.2) is 4.98 Å². The zero-order valence-corrected chi connectivity index (χ0v) is 17.6. The summed E-state index contributed by atoms with van der Waals surface area (Å²) in [6, 6.07) is 11.0. The van der Waals surface area contributed by atoms with Crippen LogP contribution in [-0.4, -0.2) is 32.9 Å². The average molecular weight is 417 g/mol. The van der Waals surface area contributed by atoms with E-state index in [1.165, 1.54) is 0 Å². The van der Waals surface area contributed by atoms with Gasteiger partial charge in [0, 0.05) is 30.4 Å². The van der Waals surface area contributed by atoms with E-state index in [0.717, 1.165) is 29.8 Å². The Kier molecular flexibility index (Phi) is 4.69. The van der Waals surface area contributed by atoms with Crippen LogP contribution in [0.2, 0.25) is 0 Å². The summed E-state index contributed by atoms with van der Waals surface area (Å²) >= 11 is 0. The molecule has 4 aromatic rings. The summed E-state index contributed by atoms with van der Waals surface area (Å²) in [7, 11) is 3.46. The third kappa shape index (κ3) is 3.65. The number of carbonyl (C=O) groups excluding carboxylic acids is 1. The Labute approximate surface area is 179 Å². The second-order valence-electron chi connectivity index (χ2n) is 7.92. The third-order valence-electron chi connectivity index (χ3n) is 5.58. The molecular formula is C23H23N5O3. The number of methoxy groups -OCH3 is 1. The molecule has 1 aliphatic carbocycles. The van der Waals surface area contributed by atoms with Gasteiger partial charge in [-0.1, -0.05) is 17.3 Å². The normalized spacial score (nSPS) is 14.5. The molecule has 0 saturated heterocycles. The quantitative estimate of drug-likeness (QED) is 0.509. The lowest BCUT2D eigenvalue weighted by molar-refractivity contribution is 0.0940. The maximum atomic E-state index is 13.4. The number of nitrogens with zero attached hydrogens (tertiary/aromatic N) is 4. The minimum Gasteiger partial charge on any atom is -0.497 e. The number of ether oxygens (including phenoxy) is 1. The zero-order valence-electron chi connectivity index (χ0n) is 17.6. The molecule has 8 nitrogen and oxygen atoms in total. The van der Waals surface area contributed by atoms with E-state index in [2.05, 4.69) is 20.6 Å². The van der Waals surface area contributed by atoms with Gasteiger partial charge in [-0.3, -0.25) is 9.48 Å². The van der Waals surface area contributed by atoms with Crippen LogP contribution in [0, 0.1) is 0 Å². The lowest BCUT2D eigenvalue weighted by atomic mass is 10.0. The first-order chi connectivity index (χ1) is 15.0. The van der Waals surface area contributed by atoms with E-state index < -0.39 is 0 Å². The van der Waals surface area contributed by atoms with E-state index in [4.69, 9.17) is 9.26 Å². The molecule has 0 spiro atoms. The molecule has 1 aliphatic rings. The van der Waals surface area contributed by atoms with Gasteiger partial charge in [-0.05, 0) is 44.0 Å². The minimum absolute atomic E-state index is 0.209. The number of benzene rings is 1. The maximum absolute atomic E-state index is 13.4. The summed E-state index contributed by atoms with van der Waals surface area (Å²) in [4.78, 5) is 18.0. The molecular weight excluding hydrogens is 394 g/mol. The van der Waals surface area contributed by atoms with Crippen molar-refractivity contribution in [2.75, 3.05) is 7.11 Å². The first-order valence-electron chi connectivity index (χ1n) is 10.3. The maximum Gasteiger partial charge on any atom is 0.259 e. The number of fused-ring (bicyclic) bond motifs is 1. The summed E-state index contributed by atoms with van der Waals surface area (Å²) in [5.41, 5.74) is 3.91. The molecule has 1 amide bonds. The van der Waals surface area contributed by atoms with Crippen molar-refractivity contribution < 1.29 is 14.1 Å². The number of amides is 1. The summed E-state index contributed by atoms with van der Waals surface area (Å²) in [6.07, 6.45) is 4.00. The molecule has 5 rings (SSSR count). The van der Waals surface area contributed by atoms with Crippen LogP contribution >= 0.6 is 0 Å². The van der Waals surface area contributed by atoms with Gasteiger partial charge in [0.05, 0.1) is 29.8 Å². The number of hydrogen-bond acceptors (Lipinski definition) is 6. The summed E-state index contributed by atoms with van der Waals surface area (Å²) in [5, 5.41) is 12.3. The van der Waals surface area contributed by atoms with Crippen molar-refractivity contribution in [3.05, 3.63) is 59.5 Å².